The predicted octanol–water partition coefficient (Wildman–Crippen LogP) is 2.01. The summed E-state index contributed by atoms with van der Waals surface area (Å²) >= 11 is 2.19. The van der Waals surface area contributed by atoms with Crippen LogP contribution in [0.4, 0.5) is 5.69 Å². The Balaban J connectivity index is 1.41. The molecular weight excluding hydrogens is 461 g/mol. The number of benzene rings is 2. The van der Waals surface area contributed by atoms with E-state index in [9.17, 15) is 9.59 Å². The third kappa shape index (κ3) is 5.78. The lowest BCUT2D eigenvalue weighted by Crippen LogP contribution is -2.35. The first-order valence-corrected chi connectivity index (χ1v) is 9.08. The van der Waals surface area contributed by atoms with Crippen LogP contribution in [0.5, 0.6) is 5.75 Å². The standard InChI is InChI=1S/C18H16IN5O3/c19-13-1-7-16(8-2-13)27-10-18(26)21-9-17(25)23-14-3-5-15(6-4-14)24-12-20-11-22-24/h1-8,11-12H,9-10H2,(H,21,26)(H,23,25). The SMILES string of the molecule is O=C(COc1ccc(I)cc1)NCC(=O)Nc1ccc(-n2cncn2)cc1. The molecule has 0 aliphatic heterocycles. The minimum Gasteiger partial charge on any atom is -0.484 e. The molecule has 27 heavy (non-hydrogen) atoms. The number of aromatic nitrogens is 3. The number of hydrogen-bond donors (Lipinski definition) is 2. The van der Waals surface area contributed by atoms with Crippen molar-refractivity contribution in [2.75, 3.05) is 18.5 Å². The van der Waals surface area contributed by atoms with Gasteiger partial charge in [0.2, 0.25) is 5.91 Å². The van der Waals surface area contributed by atoms with E-state index in [-0.39, 0.29) is 25.0 Å². The van der Waals surface area contributed by atoms with Gasteiger partial charge in [0.25, 0.3) is 5.91 Å². The molecule has 0 fully saturated rings. The second kappa shape index (κ2) is 9.12. The molecule has 0 saturated carbocycles. The van der Waals surface area contributed by atoms with Crippen molar-refractivity contribution in [3.8, 4) is 11.4 Å². The zero-order valence-corrected chi connectivity index (χ0v) is 16.3. The number of nitrogens with zero attached hydrogens (tertiary/aromatic N) is 3. The Bertz CT molecular complexity index is 896. The first-order valence-electron chi connectivity index (χ1n) is 8.00. The summed E-state index contributed by atoms with van der Waals surface area (Å²) < 4.78 is 8.05. The Kier molecular flexibility index (Phi) is 6.36. The lowest BCUT2D eigenvalue weighted by atomic mass is 10.3. The van der Waals surface area contributed by atoms with Gasteiger partial charge in [-0.2, -0.15) is 5.10 Å². The Morgan fingerprint density at radius 1 is 1.04 bits per heavy atom. The molecule has 3 rings (SSSR count). The maximum atomic E-state index is 11.9. The molecule has 0 aliphatic rings. The van der Waals surface area contributed by atoms with Crippen molar-refractivity contribution in [1.82, 2.24) is 20.1 Å². The Morgan fingerprint density at radius 3 is 2.44 bits per heavy atom. The summed E-state index contributed by atoms with van der Waals surface area (Å²) in [5.74, 6) is -0.0983. The van der Waals surface area contributed by atoms with Gasteiger partial charge in [0.1, 0.15) is 18.4 Å². The Hall–Kier alpha value is -2.95. The van der Waals surface area contributed by atoms with Crippen LogP contribution in [-0.4, -0.2) is 39.7 Å². The summed E-state index contributed by atoms with van der Waals surface area (Å²) in [5.41, 5.74) is 1.44. The normalized spacial score (nSPS) is 10.3. The molecule has 1 aromatic heterocycles. The smallest absolute Gasteiger partial charge is 0.258 e. The number of carbonyl (C=O) groups is 2. The van der Waals surface area contributed by atoms with E-state index in [1.54, 1.807) is 47.4 Å². The molecule has 0 bridgehead atoms. The van der Waals surface area contributed by atoms with E-state index in [4.69, 9.17) is 4.74 Å². The van der Waals surface area contributed by atoms with E-state index >= 15 is 0 Å². The van der Waals surface area contributed by atoms with Crippen LogP contribution in [0.25, 0.3) is 5.69 Å². The lowest BCUT2D eigenvalue weighted by molar-refractivity contribution is -0.125. The van der Waals surface area contributed by atoms with Crippen LogP contribution in [-0.2, 0) is 9.59 Å². The largest absolute Gasteiger partial charge is 0.484 e. The first-order chi connectivity index (χ1) is 13.1. The van der Waals surface area contributed by atoms with Gasteiger partial charge in [0.05, 0.1) is 12.2 Å². The summed E-state index contributed by atoms with van der Waals surface area (Å²) in [5, 5.41) is 9.26. The zero-order chi connectivity index (χ0) is 19.1. The van der Waals surface area contributed by atoms with Gasteiger partial charge in [-0.15, -0.1) is 0 Å². The van der Waals surface area contributed by atoms with E-state index < -0.39 is 0 Å². The number of halogens is 1. The maximum absolute atomic E-state index is 11.9. The Morgan fingerprint density at radius 2 is 1.78 bits per heavy atom. The number of amides is 2. The first kappa shape index (κ1) is 18.8. The molecule has 2 aromatic carbocycles. The maximum Gasteiger partial charge on any atom is 0.258 e. The summed E-state index contributed by atoms with van der Waals surface area (Å²) in [6, 6.07) is 14.4. The fourth-order valence-corrected chi connectivity index (χ4v) is 2.51. The number of ether oxygens (including phenoxy) is 1. The average molecular weight is 477 g/mol. The van der Waals surface area contributed by atoms with Gasteiger partial charge in [0.15, 0.2) is 6.61 Å². The summed E-state index contributed by atoms with van der Waals surface area (Å²) in [7, 11) is 0. The molecule has 0 spiro atoms. The van der Waals surface area contributed by atoms with Crippen LogP contribution in [0, 0.1) is 3.57 Å². The van der Waals surface area contributed by atoms with E-state index in [2.05, 4.69) is 43.3 Å². The van der Waals surface area contributed by atoms with E-state index in [0.29, 0.717) is 11.4 Å². The average Bonchev–Trinajstić information content (AvgIpc) is 3.21. The topological polar surface area (TPSA) is 98.1 Å². The molecule has 0 radical (unpaired) electrons. The highest BCUT2D eigenvalue weighted by Gasteiger charge is 2.07. The van der Waals surface area contributed by atoms with Gasteiger partial charge >= 0.3 is 0 Å². The van der Waals surface area contributed by atoms with Crippen molar-refractivity contribution in [2.45, 2.75) is 0 Å². The molecule has 1 heterocycles. The predicted molar refractivity (Wildman–Crippen MR) is 108 cm³/mol. The van der Waals surface area contributed by atoms with Gasteiger partial charge in [-0.05, 0) is 71.1 Å². The minimum atomic E-state index is -0.370. The van der Waals surface area contributed by atoms with Crippen molar-refractivity contribution in [3.63, 3.8) is 0 Å². The van der Waals surface area contributed by atoms with Crippen LogP contribution >= 0.6 is 22.6 Å². The molecule has 8 nitrogen and oxygen atoms in total. The van der Waals surface area contributed by atoms with E-state index in [1.165, 1.54) is 6.33 Å². The number of anilines is 1. The highest BCUT2D eigenvalue weighted by atomic mass is 127. The molecular formula is C18H16IN5O3. The quantitative estimate of drug-likeness (QED) is 0.508. The number of hydrogen-bond acceptors (Lipinski definition) is 5. The van der Waals surface area contributed by atoms with E-state index in [1.807, 2.05) is 12.1 Å². The van der Waals surface area contributed by atoms with Crippen molar-refractivity contribution in [3.05, 3.63) is 64.8 Å². The summed E-state index contributed by atoms with van der Waals surface area (Å²) in [6.07, 6.45) is 3.03. The van der Waals surface area contributed by atoms with Crippen molar-refractivity contribution < 1.29 is 14.3 Å². The van der Waals surface area contributed by atoms with Gasteiger partial charge < -0.3 is 15.4 Å². The molecule has 0 saturated heterocycles. The molecule has 9 heteroatoms. The number of carbonyl (C=O) groups excluding carboxylic acids is 2. The van der Waals surface area contributed by atoms with Crippen molar-refractivity contribution >= 4 is 40.1 Å². The highest BCUT2D eigenvalue weighted by Crippen LogP contribution is 2.13. The van der Waals surface area contributed by atoms with Crippen LogP contribution in [0.3, 0.4) is 0 Å². The molecule has 0 unspecified atom stereocenters. The summed E-state index contributed by atoms with van der Waals surface area (Å²) in [4.78, 5) is 27.6. The third-order valence-electron chi connectivity index (χ3n) is 3.46. The fraction of sp³-hybridized carbons (Fsp3) is 0.111. The van der Waals surface area contributed by atoms with Crippen LogP contribution in [0.2, 0.25) is 0 Å². The molecule has 0 atom stereocenters. The molecule has 2 N–H and O–H groups in total. The monoisotopic (exact) mass is 477 g/mol. The third-order valence-corrected chi connectivity index (χ3v) is 4.18. The van der Waals surface area contributed by atoms with Crippen LogP contribution in [0.1, 0.15) is 0 Å². The number of rotatable bonds is 7. The molecule has 138 valence electrons. The fourth-order valence-electron chi connectivity index (χ4n) is 2.15. The molecule has 0 aliphatic carbocycles. The van der Waals surface area contributed by atoms with Crippen molar-refractivity contribution in [2.24, 2.45) is 0 Å². The van der Waals surface area contributed by atoms with Gasteiger partial charge in [-0.3, -0.25) is 9.59 Å². The molecule has 2 amide bonds. The second-order valence-corrected chi connectivity index (χ2v) is 6.70. The van der Waals surface area contributed by atoms with Crippen LogP contribution < -0.4 is 15.4 Å². The van der Waals surface area contributed by atoms with E-state index in [0.717, 1.165) is 9.26 Å². The Labute approximate surface area is 169 Å². The second-order valence-electron chi connectivity index (χ2n) is 5.45. The lowest BCUT2D eigenvalue weighted by Gasteiger charge is -2.09. The van der Waals surface area contributed by atoms with Gasteiger partial charge in [0, 0.05) is 9.26 Å². The van der Waals surface area contributed by atoms with Crippen LogP contribution in [0.15, 0.2) is 61.2 Å². The highest BCUT2D eigenvalue weighted by molar-refractivity contribution is 14.1. The zero-order valence-electron chi connectivity index (χ0n) is 14.1. The van der Waals surface area contributed by atoms with Gasteiger partial charge in [-0.1, -0.05) is 0 Å². The minimum absolute atomic E-state index is 0.139. The number of nitrogens with one attached hydrogen (secondary N) is 2. The molecule has 3 aromatic rings. The van der Waals surface area contributed by atoms with Gasteiger partial charge in [-0.25, -0.2) is 9.67 Å². The summed E-state index contributed by atoms with van der Waals surface area (Å²) in [6.45, 7) is -0.291. The van der Waals surface area contributed by atoms with Crippen molar-refractivity contribution in [1.29, 1.82) is 0 Å².